The molecule has 24 nitrogen and oxygen atoms in total. The van der Waals surface area contributed by atoms with E-state index in [9.17, 15) is 37.2 Å². The molecule has 95 heavy (non-hydrogen) atoms. The molecule has 6 amide bonds. The first-order valence-corrected chi connectivity index (χ1v) is 31.7. The second-order valence-corrected chi connectivity index (χ2v) is 23.9. The molecule has 2 aromatic heterocycles. The summed E-state index contributed by atoms with van der Waals surface area (Å²) in [5.74, 6) is -0.142. The largest absolute Gasteiger partial charge is 0.497 e. The summed E-state index contributed by atoms with van der Waals surface area (Å²) in [5.41, 5.74) is 4.88. The average Bonchev–Trinajstić information content (AvgIpc) is 1.62. The van der Waals surface area contributed by atoms with Crippen molar-refractivity contribution in [1.29, 1.82) is 0 Å². The summed E-state index contributed by atoms with van der Waals surface area (Å²) in [6.07, 6.45) is 4.40. The second kappa shape index (κ2) is 28.0. The van der Waals surface area contributed by atoms with Gasteiger partial charge in [-0.05, 0) is 82.6 Å². The van der Waals surface area contributed by atoms with Gasteiger partial charge in [0.2, 0.25) is 22.7 Å². The molecular formula is C70H66N8O16S. The van der Waals surface area contributed by atoms with Gasteiger partial charge in [0.1, 0.15) is 48.9 Å². The van der Waals surface area contributed by atoms with Crippen LogP contribution < -0.4 is 50.1 Å². The van der Waals surface area contributed by atoms with Crippen molar-refractivity contribution in [2.75, 3.05) is 27.3 Å². The molecule has 0 unspecified atom stereocenters. The van der Waals surface area contributed by atoms with E-state index in [1.165, 1.54) is 46.1 Å². The quantitative estimate of drug-likeness (QED) is 0.0497. The van der Waals surface area contributed by atoms with E-state index in [1.54, 1.807) is 52.3 Å². The monoisotopic (exact) mass is 1310 g/mol. The van der Waals surface area contributed by atoms with Gasteiger partial charge in [-0.25, -0.2) is 9.59 Å². The number of urea groups is 2. The molecule has 0 radical (unpaired) electrons. The molecular weight excluding hydrogens is 1240 g/mol. The summed E-state index contributed by atoms with van der Waals surface area (Å²) >= 11 is 0. The number of carbonyl (C=O) groups excluding carboxylic acids is 4. The smallest absolute Gasteiger partial charge is 0.442 e. The molecule has 4 bridgehead atoms. The van der Waals surface area contributed by atoms with Crippen molar-refractivity contribution in [3.63, 3.8) is 0 Å². The molecule has 2 fully saturated rings. The Labute approximate surface area is 546 Å². The number of aromatic nitrogens is 2. The van der Waals surface area contributed by atoms with Crippen molar-refractivity contribution in [3.8, 4) is 23.0 Å². The van der Waals surface area contributed by atoms with E-state index < -0.39 is 81.5 Å². The van der Waals surface area contributed by atoms with Gasteiger partial charge in [0, 0.05) is 12.1 Å². The summed E-state index contributed by atoms with van der Waals surface area (Å²) < 4.78 is 64.0. The molecule has 4 atom stereocenters. The number of pyridine rings is 2. The second-order valence-electron chi connectivity index (χ2n) is 22.8. The zero-order valence-corrected chi connectivity index (χ0v) is 52.8. The van der Waals surface area contributed by atoms with Crippen LogP contribution in [0, 0.1) is 0 Å². The van der Waals surface area contributed by atoms with Gasteiger partial charge in [0.05, 0.1) is 64.2 Å². The van der Waals surface area contributed by atoms with Crippen LogP contribution in [0.4, 0.5) is 9.59 Å². The van der Waals surface area contributed by atoms with Crippen molar-refractivity contribution in [2.45, 2.75) is 76.5 Å². The number of ether oxygens (including phenoxy) is 4. The third-order valence-electron chi connectivity index (χ3n) is 16.6. The maximum Gasteiger partial charge on any atom is 0.442 e. The number of rotatable bonds is 26. The van der Waals surface area contributed by atoms with Gasteiger partial charge in [-0.1, -0.05) is 158 Å². The van der Waals surface area contributed by atoms with Gasteiger partial charge < -0.3 is 49.1 Å². The fourth-order valence-corrected chi connectivity index (χ4v) is 12.2. The fourth-order valence-electron chi connectivity index (χ4n) is 11.5. The summed E-state index contributed by atoms with van der Waals surface area (Å²) in [5, 5.41) is 6.78. The Morgan fingerprint density at radius 2 is 0.832 bits per heavy atom. The van der Waals surface area contributed by atoms with E-state index in [1.807, 2.05) is 146 Å². The highest BCUT2D eigenvalue weighted by Gasteiger charge is 2.52. The standard InChI is InChI=1S/C70H66N8O16S/c1-45-33-57(67(81)71-37-53-35-61(79)63(89-43-47-25-29-55(87-3)30-26-47)41-75(53)91-65(49-17-9-5-10-18-49)50-19-11-6-12-20-50)73-39-59(45)77(69(73)83)93-95(85,86)94-78-60-40-74(70(78)84)58(34-46(60)2)68(82)72-38-54-36-62(80)64(90-44-48-27-31-56(88-4)32-28-48)42-76(54)92-66(51-21-13-7-14-22-51)52-23-15-8-16-24-52/h5-36,41-42,57-60,65-66H,37-40,43-44H2,1-4H3,(H,71,81)(H,72,82)/t57-,58-,59-,60-/m0/s1. The van der Waals surface area contributed by atoms with Crippen LogP contribution >= 0.6 is 0 Å². The molecule has 488 valence electrons. The molecule has 6 heterocycles. The Balaban J connectivity index is 0.709. The van der Waals surface area contributed by atoms with Crippen LogP contribution in [-0.2, 0) is 54.9 Å². The first kappa shape index (κ1) is 64.0. The van der Waals surface area contributed by atoms with E-state index in [4.69, 9.17) is 37.2 Å². The number of nitrogens with zero attached hydrogens (tertiary/aromatic N) is 6. The molecule has 4 aliphatic rings. The highest BCUT2D eigenvalue weighted by molar-refractivity contribution is 7.81. The van der Waals surface area contributed by atoms with Crippen molar-refractivity contribution in [2.24, 2.45) is 0 Å². The molecule has 2 saturated heterocycles. The lowest BCUT2D eigenvalue weighted by Gasteiger charge is -2.28. The number of hydrogen-bond acceptors (Lipinski definition) is 16. The van der Waals surface area contributed by atoms with Crippen LogP contribution in [0.25, 0.3) is 0 Å². The topological polar surface area (TPSA) is 257 Å². The van der Waals surface area contributed by atoms with E-state index in [0.717, 1.165) is 43.2 Å². The van der Waals surface area contributed by atoms with E-state index in [-0.39, 0.29) is 62.3 Å². The maximum absolute atomic E-state index is 14.3. The zero-order chi connectivity index (χ0) is 66.3. The van der Waals surface area contributed by atoms with Crippen LogP contribution in [0.5, 0.6) is 23.0 Å². The van der Waals surface area contributed by atoms with Crippen molar-refractivity contribution in [1.82, 2.24) is 40.0 Å². The molecule has 0 spiro atoms. The van der Waals surface area contributed by atoms with Crippen LogP contribution in [-0.4, -0.2) is 113 Å². The predicted octanol–water partition coefficient (Wildman–Crippen LogP) is 7.53. The first-order chi connectivity index (χ1) is 46.0. The molecule has 6 aromatic carbocycles. The SMILES string of the molecule is COc1ccc(COc2cn(OC(c3ccccc3)c3ccccc3)c(CNC(=O)[C@@H]3C=C(C)[C@@H]4CN3C(=O)N4OS(=O)(=O)ON3C(=O)N4C[C@H]3C(C)=C[C@H]4C(=O)NCc3cc(=O)c(OCc4ccc(OC)cc4)cn3OC(c3ccccc3)c3ccccc3)cc2=O)cc1. The maximum atomic E-state index is 14.3. The predicted molar refractivity (Wildman–Crippen MR) is 344 cm³/mol. The lowest BCUT2D eigenvalue weighted by atomic mass is 10.0. The van der Waals surface area contributed by atoms with Crippen molar-refractivity contribution in [3.05, 3.63) is 283 Å². The van der Waals surface area contributed by atoms with Crippen LogP contribution in [0.15, 0.2) is 227 Å². The van der Waals surface area contributed by atoms with Gasteiger partial charge in [-0.15, -0.1) is 8.57 Å². The van der Waals surface area contributed by atoms with E-state index >= 15 is 0 Å². The summed E-state index contributed by atoms with van der Waals surface area (Å²) in [6, 6.07) is 48.0. The van der Waals surface area contributed by atoms with Gasteiger partial charge in [-0.3, -0.25) is 19.2 Å². The molecule has 2 N–H and O–H groups in total. The number of amides is 6. The summed E-state index contributed by atoms with van der Waals surface area (Å²) in [4.78, 5) is 100. The number of hydrogen-bond donors (Lipinski definition) is 2. The Hall–Kier alpha value is -11.2. The number of methoxy groups -OCH3 is 2. The van der Waals surface area contributed by atoms with Crippen LogP contribution in [0.1, 0.15) is 70.8 Å². The number of hydroxylamine groups is 4. The van der Waals surface area contributed by atoms with Gasteiger partial charge >= 0.3 is 22.5 Å². The average molecular weight is 1310 g/mol. The lowest BCUT2D eigenvalue weighted by Crippen LogP contribution is -2.48. The Bertz CT molecular complexity index is 4070. The highest BCUT2D eigenvalue weighted by atomic mass is 32.3. The minimum atomic E-state index is -5.30. The van der Waals surface area contributed by atoms with Gasteiger partial charge in [0.15, 0.2) is 23.7 Å². The normalized spacial score (nSPS) is 17.3. The lowest BCUT2D eigenvalue weighted by molar-refractivity contribution is -0.125. The molecule has 25 heteroatoms. The zero-order valence-electron chi connectivity index (χ0n) is 52.0. The Kier molecular flexibility index (Phi) is 18.8. The fraction of sp³-hybridized carbons (Fsp3) is 0.229. The Morgan fingerprint density at radius 1 is 0.495 bits per heavy atom. The number of benzene rings is 6. The minimum absolute atomic E-state index is 0.0374. The summed E-state index contributed by atoms with van der Waals surface area (Å²) in [6.45, 7) is 2.36. The number of fused-ring (bicyclic) bond motifs is 4. The van der Waals surface area contributed by atoms with Crippen LogP contribution in [0.2, 0.25) is 0 Å². The third kappa shape index (κ3) is 14.3. The van der Waals surface area contributed by atoms with Gasteiger partial charge in [-0.2, -0.15) is 28.0 Å². The number of carbonyl (C=O) groups is 4. The van der Waals surface area contributed by atoms with Gasteiger partial charge in [0.25, 0.3) is 0 Å². The van der Waals surface area contributed by atoms with E-state index in [0.29, 0.717) is 32.8 Å². The Morgan fingerprint density at radius 3 is 1.16 bits per heavy atom. The third-order valence-corrected chi connectivity index (χ3v) is 17.3. The van der Waals surface area contributed by atoms with E-state index in [2.05, 4.69) is 10.6 Å². The first-order valence-electron chi connectivity index (χ1n) is 30.3. The van der Waals surface area contributed by atoms with Crippen molar-refractivity contribution < 1.29 is 64.8 Å². The molecule has 4 aliphatic heterocycles. The minimum Gasteiger partial charge on any atom is -0.497 e. The van der Waals surface area contributed by atoms with Crippen LogP contribution in [0.3, 0.4) is 0 Å². The number of nitrogens with one attached hydrogen (secondary N) is 2. The molecule has 0 saturated carbocycles. The van der Waals surface area contributed by atoms with Crippen molar-refractivity contribution >= 4 is 34.3 Å². The highest BCUT2D eigenvalue weighted by Crippen LogP contribution is 2.35. The molecule has 12 rings (SSSR count). The molecule has 0 aliphatic carbocycles. The molecule has 8 aromatic rings. The summed E-state index contributed by atoms with van der Waals surface area (Å²) in [7, 11) is -2.18.